The third kappa shape index (κ3) is 3.79. The first-order chi connectivity index (χ1) is 11.1. The average molecular weight is 405 g/mol. The number of amides is 1. The zero-order valence-corrected chi connectivity index (χ0v) is 13.3. The van der Waals surface area contributed by atoms with Crippen molar-refractivity contribution in [2.24, 2.45) is 0 Å². The lowest BCUT2D eigenvalue weighted by Gasteiger charge is -2.11. The van der Waals surface area contributed by atoms with Crippen molar-refractivity contribution in [1.82, 2.24) is 9.78 Å². The molecule has 1 heterocycles. The molecule has 7 nitrogen and oxygen atoms in total. The summed E-state index contributed by atoms with van der Waals surface area (Å²) in [6.45, 7) is 3.21. The Morgan fingerprint density at radius 2 is 2.08 bits per heavy atom. The van der Waals surface area contributed by atoms with E-state index in [0.29, 0.717) is 0 Å². The lowest BCUT2D eigenvalue weighted by atomic mass is 10.1. The van der Waals surface area contributed by atoms with Gasteiger partial charge in [-0.25, -0.2) is 0 Å². The van der Waals surface area contributed by atoms with E-state index in [1.807, 2.05) is 0 Å². The quantitative estimate of drug-likeness (QED) is 0.478. The molecule has 1 N–H and O–H groups in total. The molecule has 0 fully saturated rings. The van der Waals surface area contributed by atoms with E-state index >= 15 is 0 Å². The first-order valence-corrected chi connectivity index (χ1v) is 6.96. The van der Waals surface area contributed by atoms with Gasteiger partial charge in [-0.2, -0.15) is 13.2 Å². The Bertz CT molecular complexity index is 832. The van der Waals surface area contributed by atoms with Crippen LogP contribution in [0.15, 0.2) is 41.5 Å². The zero-order valence-electron chi connectivity index (χ0n) is 11.7. The summed E-state index contributed by atoms with van der Waals surface area (Å²) in [5.41, 5.74) is -1.31. The first kappa shape index (κ1) is 17.7. The molecule has 1 aromatic carbocycles. The second kappa shape index (κ2) is 6.43. The molecule has 11 heteroatoms. The van der Waals surface area contributed by atoms with Crippen molar-refractivity contribution in [3.63, 3.8) is 0 Å². The zero-order chi connectivity index (χ0) is 18.1. The maximum atomic E-state index is 13.0. The van der Waals surface area contributed by atoms with Crippen molar-refractivity contribution < 1.29 is 22.9 Å². The minimum Gasteiger partial charge on any atom is -0.358 e. The van der Waals surface area contributed by atoms with Gasteiger partial charge in [0.2, 0.25) is 5.91 Å². The molecule has 0 aliphatic carbocycles. The van der Waals surface area contributed by atoms with E-state index in [1.54, 1.807) is 0 Å². The molecule has 0 saturated carbocycles. The van der Waals surface area contributed by atoms with Crippen LogP contribution in [0.5, 0.6) is 0 Å². The number of halogens is 4. The second-order valence-corrected chi connectivity index (χ2v) is 5.32. The first-order valence-electron chi connectivity index (χ1n) is 6.17. The topological polar surface area (TPSA) is 90.1 Å². The maximum Gasteiger partial charge on any atom is 0.416 e. The number of nitro groups is 1. The maximum absolute atomic E-state index is 13.0. The molecule has 24 heavy (non-hydrogen) atoms. The number of carbonyl (C=O) groups excluding carboxylic acids is 1. The summed E-state index contributed by atoms with van der Waals surface area (Å²) in [4.78, 5) is 21.3. The van der Waals surface area contributed by atoms with Gasteiger partial charge in [-0.1, -0.05) is 6.58 Å². The summed E-state index contributed by atoms with van der Waals surface area (Å²) in [5.74, 6) is -1.25. The van der Waals surface area contributed by atoms with Crippen molar-refractivity contribution in [3.8, 4) is 5.69 Å². The van der Waals surface area contributed by atoms with Crippen LogP contribution in [0.3, 0.4) is 0 Å². The summed E-state index contributed by atoms with van der Waals surface area (Å²) in [6, 6.07) is 2.68. The molecular formula is C13H8BrF3N4O3. The summed E-state index contributed by atoms with van der Waals surface area (Å²) >= 11 is 2.91. The van der Waals surface area contributed by atoms with Crippen molar-refractivity contribution in [2.75, 3.05) is 5.32 Å². The minimum atomic E-state index is -4.68. The van der Waals surface area contributed by atoms with Crippen LogP contribution < -0.4 is 5.32 Å². The number of alkyl halides is 3. The molecule has 2 rings (SSSR count). The molecule has 1 aromatic heterocycles. The standard InChI is InChI=1S/C13H8BrF3N4O3/c1-2-11(22)18-8-3-7(13(15,16)17)4-9(5-8)20-6-10(14)12(19-20)21(23)24/h2-6H,1H2,(H,18,22). The van der Waals surface area contributed by atoms with E-state index in [0.717, 1.165) is 29.1 Å². The molecule has 0 saturated heterocycles. The summed E-state index contributed by atoms with van der Waals surface area (Å²) in [5, 5.41) is 16.6. The number of benzene rings is 1. The fraction of sp³-hybridized carbons (Fsp3) is 0.0769. The molecule has 126 valence electrons. The number of anilines is 1. The molecule has 2 aromatic rings. The smallest absolute Gasteiger partial charge is 0.358 e. The number of rotatable bonds is 4. The van der Waals surface area contributed by atoms with Gasteiger partial charge in [-0.3, -0.25) is 4.79 Å². The predicted octanol–water partition coefficient (Wildman–Crippen LogP) is 3.69. The van der Waals surface area contributed by atoms with E-state index in [1.165, 1.54) is 6.07 Å². The van der Waals surface area contributed by atoms with Gasteiger partial charge in [0.1, 0.15) is 4.47 Å². The molecule has 0 aliphatic heterocycles. The van der Waals surface area contributed by atoms with Crippen LogP contribution in [0.2, 0.25) is 0 Å². The Labute approximate surface area is 141 Å². The van der Waals surface area contributed by atoms with Crippen molar-refractivity contribution >= 4 is 33.3 Å². The number of carbonyl (C=O) groups is 1. The van der Waals surface area contributed by atoms with Crippen LogP contribution in [0.1, 0.15) is 5.56 Å². The van der Waals surface area contributed by atoms with Crippen LogP contribution in [-0.2, 0) is 11.0 Å². The molecule has 0 radical (unpaired) electrons. The Morgan fingerprint density at radius 1 is 1.42 bits per heavy atom. The van der Waals surface area contributed by atoms with Gasteiger partial charge in [-0.15, -0.1) is 4.68 Å². The van der Waals surface area contributed by atoms with E-state index in [-0.39, 0.29) is 15.8 Å². The van der Waals surface area contributed by atoms with Crippen molar-refractivity contribution in [2.45, 2.75) is 6.18 Å². The SMILES string of the molecule is C=CC(=O)Nc1cc(-n2cc(Br)c([N+](=O)[O-])n2)cc(C(F)(F)F)c1. The molecule has 0 unspecified atom stereocenters. The fourth-order valence-electron chi connectivity index (χ4n) is 1.77. The molecular weight excluding hydrogens is 397 g/mol. The fourth-order valence-corrected chi connectivity index (χ4v) is 2.19. The van der Waals surface area contributed by atoms with Gasteiger partial charge in [0.15, 0.2) is 0 Å². The van der Waals surface area contributed by atoms with Crippen LogP contribution in [-0.4, -0.2) is 20.6 Å². The normalized spacial score (nSPS) is 11.2. The molecule has 1 amide bonds. The van der Waals surface area contributed by atoms with Crippen LogP contribution in [0.4, 0.5) is 24.7 Å². The molecule has 0 atom stereocenters. The van der Waals surface area contributed by atoms with Crippen molar-refractivity contribution in [1.29, 1.82) is 0 Å². The monoisotopic (exact) mass is 404 g/mol. The third-order valence-electron chi connectivity index (χ3n) is 2.79. The van der Waals surface area contributed by atoms with Gasteiger partial charge in [0.05, 0.1) is 22.5 Å². The van der Waals surface area contributed by atoms with Crippen LogP contribution in [0.25, 0.3) is 5.69 Å². The number of aromatic nitrogens is 2. The number of hydrogen-bond donors (Lipinski definition) is 1. The average Bonchev–Trinajstić information content (AvgIpc) is 2.88. The third-order valence-corrected chi connectivity index (χ3v) is 3.35. The Hall–Kier alpha value is -2.69. The highest BCUT2D eigenvalue weighted by atomic mass is 79.9. The van der Waals surface area contributed by atoms with Gasteiger partial charge in [0, 0.05) is 5.69 Å². The Morgan fingerprint density at radius 3 is 2.58 bits per heavy atom. The lowest BCUT2D eigenvalue weighted by molar-refractivity contribution is -0.390. The Kier molecular flexibility index (Phi) is 4.73. The largest absolute Gasteiger partial charge is 0.416 e. The lowest BCUT2D eigenvalue weighted by Crippen LogP contribution is -2.12. The van der Waals surface area contributed by atoms with E-state index < -0.39 is 28.4 Å². The summed E-state index contributed by atoms with van der Waals surface area (Å²) in [6.07, 6.45) is -2.64. The predicted molar refractivity (Wildman–Crippen MR) is 81.7 cm³/mol. The van der Waals surface area contributed by atoms with Crippen LogP contribution in [0, 0.1) is 10.1 Å². The van der Waals surface area contributed by atoms with Gasteiger partial charge < -0.3 is 15.4 Å². The van der Waals surface area contributed by atoms with E-state index in [4.69, 9.17) is 0 Å². The Balaban J connectivity index is 2.58. The minimum absolute atomic E-state index is 0.00147. The van der Waals surface area contributed by atoms with E-state index in [2.05, 4.69) is 32.9 Å². The molecule has 0 aliphatic rings. The molecule has 0 spiro atoms. The van der Waals surface area contributed by atoms with Gasteiger partial charge in [-0.05, 0) is 45.1 Å². The number of hydrogen-bond acceptors (Lipinski definition) is 4. The number of nitrogens with zero attached hydrogens (tertiary/aromatic N) is 3. The highest BCUT2D eigenvalue weighted by Crippen LogP contribution is 2.33. The second-order valence-electron chi connectivity index (χ2n) is 4.46. The van der Waals surface area contributed by atoms with Crippen LogP contribution >= 0.6 is 15.9 Å². The highest BCUT2D eigenvalue weighted by Gasteiger charge is 2.32. The molecule has 0 bridgehead atoms. The van der Waals surface area contributed by atoms with Gasteiger partial charge in [0.25, 0.3) is 0 Å². The van der Waals surface area contributed by atoms with E-state index in [9.17, 15) is 28.1 Å². The van der Waals surface area contributed by atoms with Crippen molar-refractivity contribution in [3.05, 3.63) is 57.2 Å². The summed E-state index contributed by atoms with van der Waals surface area (Å²) in [7, 11) is 0. The number of nitrogens with one attached hydrogen (secondary N) is 1. The summed E-state index contributed by atoms with van der Waals surface area (Å²) < 4.78 is 40.0. The van der Waals surface area contributed by atoms with Gasteiger partial charge >= 0.3 is 12.0 Å². The highest BCUT2D eigenvalue weighted by molar-refractivity contribution is 9.10.